The molecule has 0 atom stereocenters. The first-order chi connectivity index (χ1) is 9.06. The maximum atomic E-state index is 9.55. The van der Waals surface area contributed by atoms with Crippen molar-refractivity contribution in [2.45, 2.75) is 12.8 Å². The van der Waals surface area contributed by atoms with Gasteiger partial charge in [-0.2, -0.15) is 0 Å². The van der Waals surface area contributed by atoms with E-state index in [4.69, 9.17) is 0 Å². The topological polar surface area (TPSA) is 43.7 Å². The molecule has 2 aromatic rings. The van der Waals surface area contributed by atoms with Crippen molar-refractivity contribution in [1.82, 2.24) is 0 Å². The molecular formula is C16H19NO2. The van der Waals surface area contributed by atoms with E-state index in [0.29, 0.717) is 5.75 Å². The first-order valence-corrected chi connectivity index (χ1v) is 6.33. The molecule has 100 valence electrons. The van der Waals surface area contributed by atoms with Crippen molar-refractivity contribution in [3.8, 4) is 11.5 Å². The SMILES string of the molecule is CN(C)c1cc(O)ccc1CCc1ccc(O)cc1. The molecule has 0 bridgehead atoms. The Morgan fingerprint density at radius 2 is 1.47 bits per heavy atom. The Kier molecular flexibility index (Phi) is 3.95. The van der Waals surface area contributed by atoms with E-state index in [1.807, 2.05) is 37.2 Å². The molecule has 0 radical (unpaired) electrons. The lowest BCUT2D eigenvalue weighted by Gasteiger charge is -2.17. The predicted octanol–water partition coefficient (Wildman–Crippen LogP) is 2.95. The molecule has 2 rings (SSSR count). The summed E-state index contributed by atoms with van der Waals surface area (Å²) >= 11 is 0. The molecule has 0 unspecified atom stereocenters. The third-order valence-corrected chi connectivity index (χ3v) is 3.17. The molecule has 2 aromatic carbocycles. The van der Waals surface area contributed by atoms with E-state index in [0.717, 1.165) is 18.5 Å². The summed E-state index contributed by atoms with van der Waals surface area (Å²) in [4.78, 5) is 2.01. The summed E-state index contributed by atoms with van der Waals surface area (Å²) in [5.74, 6) is 0.583. The van der Waals surface area contributed by atoms with Crippen LogP contribution in [0.15, 0.2) is 42.5 Å². The van der Waals surface area contributed by atoms with Gasteiger partial charge in [-0.1, -0.05) is 18.2 Å². The van der Waals surface area contributed by atoms with Gasteiger partial charge in [0.2, 0.25) is 0 Å². The normalized spacial score (nSPS) is 10.4. The molecule has 19 heavy (non-hydrogen) atoms. The molecule has 2 N–H and O–H groups in total. The Bertz CT molecular complexity index is 547. The average Bonchev–Trinajstić information content (AvgIpc) is 2.39. The Labute approximate surface area is 113 Å². The van der Waals surface area contributed by atoms with Crippen LogP contribution in [0.25, 0.3) is 0 Å². The van der Waals surface area contributed by atoms with E-state index in [2.05, 4.69) is 0 Å². The van der Waals surface area contributed by atoms with E-state index >= 15 is 0 Å². The van der Waals surface area contributed by atoms with Gasteiger partial charge in [-0.05, 0) is 42.2 Å². The van der Waals surface area contributed by atoms with E-state index < -0.39 is 0 Å². The fourth-order valence-corrected chi connectivity index (χ4v) is 2.12. The van der Waals surface area contributed by atoms with E-state index in [1.54, 1.807) is 24.3 Å². The van der Waals surface area contributed by atoms with Gasteiger partial charge in [0.1, 0.15) is 11.5 Å². The van der Waals surface area contributed by atoms with Crippen LogP contribution in [0.3, 0.4) is 0 Å². The second-order valence-electron chi connectivity index (χ2n) is 4.87. The van der Waals surface area contributed by atoms with Crippen LogP contribution in [0.2, 0.25) is 0 Å². The summed E-state index contributed by atoms with van der Waals surface area (Å²) < 4.78 is 0. The van der Waals surface area contributed by atoms with Crippen LogP contribution >= 0.6 is 0 Å². The number of hydrogen-bond donors (Lipinski definition) is 2. The number of aromatic hydroxyl groups is 2. The van der Waals surface area contributed by atoms with Gasteiger partial charge < -0.3 is 15.1 Å². The van der Waals surface area contributed by atoms with Crippen molar-refractivity contribution >= 4 is 5.69 Å². The predicted molar refractivity (Wildman–Crippen MR) is 77.9 cm³/mol. The molecule has 0 amide bonds. The summed E-state index contributed by atoms with van der Waals surface area (Å²) in [6, 6.07) is 12.8. The van der Waals surface area contributed by atoms with Crippen LogP contribution in [-0.4, -0.2) is 24.3 Å². The van der Waals surface area contributed by atoms with Crippen molar-refractivity contribution in [2.24, 2.45) is 0 Å². The lowest BCUT2D eigenvalue weighted by Crippen LogP contribution is -2.11. The van der Waals surface area contributed by atoms with Gasteiger partial charge in [0.25, 0.3) is 0 Å². The van der Waals surface area contributed by atoms with Crippen molar-refractivity contribution < 1.29 is 10.2 Å². The maximum Gasteiger partial charge on any atom is 0.117 e. The molecule has 0 aliphatic rings. The van der Waals surface area contributed by atoms with Crippen LogP contribution < -0.4 is 4.90 Å². The highest BCUT2D eigenvalue weighted by atomic mass is 16.3. The highest BCUT2D eigenvalue weighted by Crippen LogP contribution is 2.25. The maximum absolute atomic E-state index is 9.55. The molecule has 0 fully saturated rings. The molecule has 0 aliphatic heterocycles. The largest absolute Gasteiger partial charge is 0.508 e. The molecule has 0 saturated carbocycles. The second kappa shape index (κ2) is 5.65. The summed E-state index contributed by atoms with van der Waals surface area (Å²) in [5.41, 5.74) is 3.44. The molecular weight excluding hydrogens is 238 g/mol. The Hall–Kier alpha value is -2.16. The summed E-state index contributed by atoms with van der Waals surface area (Å²) in [7, 11) is 3.94. The van der Waals surface area contributed by atoms with Gasteiger partial charge in [-0.25, -0.2) is 0 Å². The number of rotatable bonds is 4. The molecule has 3 nitrogen and oxygen atoms in total. The van der Waals surface area contributed by atoms with E-state index in [1.165, 1.54) is 11.1 Å². The number of anilines is 1. The Morgan fingerprint density at radius 1 is 0.842 bits per heavy atom. The average molecular weight is 257 g/mol. The number of phenolic OH excluding ortho intramolecular Hbond substituents is 2. The van der Waals surface area contributed by atoms with Gasteiger partial charge in [0.05, 0.1) is 0 Å². The highest BCUT2D eigenvalue weighted by molar-refractivity contribution is 5.56. The van der Waals surface area contributed by atoms with Crippen molar-refractivity contribution in [1.29, 1.82) is 0 Å². The summed E-state index contributed by atoms with van der Waals surface area (Å²) in [6.07, 6.45) is 1.81. The van der Waals surface area contributed by atoms with Crippen LogP contribution in [0.4, 0.5) is 5.69 Å². The first-order valence-electron chi connectivity index (χ1n) is 6.33. The van der Waals surface area contributed by atoms with Crippen LogP contribution in [0.5, 0.6) is 11.5 Å². The molecule has 0 aromatic heterocycles. The highest BCUT2D eigenvalue weighted by Gasteiger charge is 2.06. The minimum atomic E-state index is 0.289. The van der Waals surface area contributed by atoms with Gasteiger partial charge >= 0.3 is 0 Å². The fourth-order valence-electron chi connectivity index (χ4n) is 2.12. The fraction of sp³-hybridized carbons (Fsp3) is 0.250. The van der Waals surface area contributed by atoms with Crippen LogP contribution in [-0.2, 0) is 12.8 Å². The van der Waals surface area contributed by atoms with Gasteiger partial charge in [-0.3, -0.25) is 0 Å². The number of phenols is 2. The van der Waals surface area contributed by atoms with E-state index in [-0.39, 0.29) is 5.75 Å². The lowest BCUT2D eigenvalue weighted by molar-refractivity contribution is 0.474. The number of benzene rings is 2. The molecule has 0 spiro atoms. The smallest absolute Gasteiger partial charge is 0.117 e. The molecule has 0 saturated heterocycles. The van der Waals surface area contributed by atoms with Gasteiger partial charge in [0.15, 0.2) is 0 Å². The third kappa shape index (κ3) is 3.41. The van der Waals surface area contributed by atoms with Gasteiger partial charge in [-0.15, -0.1) is 0 Å². The molecule has 3 heteroatoms. The third-order valence-electron chi connectivity index (χ3n) is 3.17. The zero-order valence-corrected chi connectivity index (χ0v) is 11.3. The standard InChI is InChI=1S/C16H19NO2/c1-17(2)16-11-15(19)10-7-13(16)6-3-12-4-8-14(18)9-5-12/h4-5,7-11,18-19H,3,6H2,1-2H3. The zero-order chi connectivity index (χ0) is 13.8. The zero-order valence-electron chi connectivity index (χ0n) is 11.3. The van der Waals surface area contributed by atoms with Crippen molar-refractivity contribution in [3.63, 3.8) is 0 Å². The minimum absolute atomic E-state index is 0.289. The Balaban J connectivity index is 2.13. The molecule has 0 heterocycles. The number of nitrogens with zero attached hydrogens (tertiary/aromatic N) is 1. The van der Waals surface area contributed by atoms with Crippen LogP contribution in [0.1, 0.15) is 11.1 Å². The van der Waals surface area contributed by atoms with Crippen LogP contribution in [0, 0.1) is 0 Å². The Morgan fingerprint density at radius 3 is 2.11 bits per heavy atom. The van der Waals surface area contributed by atoms with Gasteiger partial charge in [0, 0.05) is 25.8 Å². The monoisotopic (exact) mass is 257 g/mol. The first kappa shape index (κ1) is 13.3. The minimum Gasteiger partial charge on any atom is -0.508 e. The quantitative estimate of drug-likeness (QED) is 0.885. The molecule has 0 aliphatic carbocycles. The second-order valence-corrected chi connectivity index (χ2v) is 4.87. The van der Waals surface area contributed by atoms with E-state index in [9.17, 15) is 10.2 Å². The number of hydrogen-bond acceptors (Lipinski definition) is 3. The lowest BCUT2D eigenvalue weighted by atomic mass is 10.0. The summed E-state index contributed by atoms with van der Waals surface area (Å²) in [6.45, 7) is 0. The number of aryl methyl sites for hydroxylation is 2. The summed E-state index contributed by atoms with van der Waals surface area (Å²) in [5, 5.41) is 18.8. The van der Waals surface area contributed by atoms with Crippen molar-refractivity contribution in [2.75, 3.05) is 19.0 Å². The van der Waals surface area contributed by atoms with Crippen molar-refractivity contribution in [3.05, 3.63) is 53.6 Å².